The average molecular weight is 302 g/mol. The van der Waals surface area contributed by atoms with Gasteiger partial charge in [-0.3, -0.25) is 4.79 Å². The van der Waals surface area contributed by atoms with Crippen LogP contribution in [-0.4, -0.2) is 24.8 Å². The highest BCUT2D eigenvalue weighted by atomic mass is 16.5. The number of hydrogen-bond donors (Lipinski definition) is 2. The van der Waals surface area contributed by atoms with Crippen molar-refractivity contribution in [1.29, 1.82) is 0 Å². The van der Waals surface area contributed by atoms with Crippen LogP contribution in [0.3, 0.4) is 0 Å². The Labute approximate surface area is 131 Å². The summed E-state index contributed by atoms with van der Waals surface area (Å²) in [5, 5.41) is 4.03. The number of hydrogen-bond acceptors (Lipinski definition) is 3. The quantitative estimate of drug-likeness (QED) is 0.457. The Kier molecular flexibility index (Phi) is 6.15. The number of rotatable bonds is 7. The van der Waals surface area contributed by atoms with Crippen molar-refractivity contribution in [3.8, 4) is 5.75 Å². The van der Waals surface area contributed by atoms with E-state index >= 15 is 0 Å². The minimum absolute atomic E-state index is 0.0503. The number of hydrazone groups is 1. The van der Waals surface area contributed by atoms with Crippen LogP contribution in [0.5, 0.6) is 5.75 Å². The Morgan fingerprint density at radius 3 is 3.00 bits per heavy atom. The molecule has 1 heterocycles. The molecular weight excluding hydrogens is 278 g/mol. The maximum absolute atomic E-state index is 11.6. The average Bonchev–Trinajstić information content (AvgIpc) is 2.52. The zero-order valence-electron chi connectivity index (χ0n) is 13.0. The second-order valence-corrected chi connectivity index (χ2v) is 5.40. The van der Waals surface area contributed by atoms with Gasteiger partial charge in [0.2, 0.25) is 5.91 Å². The van der Waals surface area contributed by atoms with Gasteiger partial charge in [0.1, 0.15) is 11.9 Å². The molecule has 5 heteroatoms. The molecule has 4 N–H and O–H groups in total. The molecule has 1 aromatic rings. The van der Waals surface area contributed by atoms with Gasteiger partial charge in [-0.05, 0) is 38.3 Å². The van der Waals surface area contributed by atoms with Gasteiger partial charge in [0.15, 0.2) is 0 Å². The molecule has 0 spiro atoms. The number of ether oxygens (including phenoxy) is 1. The van der Waals surface area contributed by atoms with Crippen molar-refractivity contribution in [1.82, 2.24) is 5.43 Å². The van der Waals surface area contributed by atoms with Crippen molar-refractivity contribution in [3.05, 3.63) is 35.4 Å². The van der Waals surface area contributed by atoms with E-state index in [0.717, 1.165) is 42.7 Å². The molecule has 0 saturated carbocycles. The minimum Gasteiger partial charge on any atom is -0.485 e. The van der Waals surface area contributed by atoms with Crippen LogP contribution in [0.15, 0.2) is 34.9 Å². The summed E-state index contributed by atoms with van der Waals surface area (Å²) in [6, 6.07) is 7.87. The van der Waals surface area contributed by atoms with Gasteiger partial charge in [-0.25, -0.2) is 5.43 Å². The second kappa shape index (κ2) is 8.34. The van der Waals surface area contributed by atoms with Gasteiger partial charge in [0.05, 0.1) is 12.8 Å². The lowest BCUT2D eigenvalue weighted by Gasteiger charge is -2.22. The molecule has 0 radical (unpaired) electrons. The van der Waals surface area contributed by atoms with Gasteiger partial charge < -0.3 is 10.5 Å². The fraction of sp³-hybridized carbons (Fsp3) is 0.412. The van der Waals surface area contributed by atoms with E-state index in [-0.39, 0.29) is 12.0 Å². The number of nitrogens with zero attached hydrogens (tertiary/aromatic N) is 1. The standard InChI is InChI=1S/C17H23N3O2/c1-13-15(11-14-7-4-5-8-16(14)22-13)12-19-20-17(21)9-3-2-6-10-18/h4-5,7-8,11-13H,2-3,6,9-10,18H2,1H3,(H,20,21)/p+1/b19-12-/t13-/m1/s1. The highest BCUT2D eigenvalue weighted by Crippen LogP contribution is 2.28. The third kappa shape index (κ3) is 4.70. The first-order chi connectivity index (χ1) is 10.7. The van der Waals surface area contributed by atoms with Crippen molar-refractivity contribution < 1.29 is 15.3 Å². The number of benzene rings is 1. The smallest absolute Gasteiger partial charge is 0.240 e. The van der Waals surface area contributed by atoms with Crippen LogP contribution >= 0.6 is 0 Å². The summed E-state index contributed by atoms with van der Waals surface area (Å²) >= 11 is 0. The number of unbranched alkanes of at least 4 members (excludes halogenated alkanes) is 2. The minimum atomic E-state index is -0.0763. The second-order valence-electron chi connectivity index (χ2n) is 5.40. The lowest BCUT2D eigenvalue weighted by atomic mass is 10.0. The van der Waals surface area contributed by atoms with Crippen molar-refractivity contribution in [2.24, 2.45) is 5.10 Å². The molecular formula is C17H24N3O2+. The number of amides is 1. The normalized spacial score (nSPS) is 16.8. The molecule has 2 rings (SSSR count). The third-order valence-corrected chi connectivity index (χ3v) is 3.57. The monoisotopic (exact) mass is 302 g/mol. The van der Waals surface area contributed by atoms with Crippen LogP contribution in [0.2, 0.25) is 0 Å². The Hall–Kier alpha value is -2.14. The third-order valence-electron chi connectivity index (χ3n) is 3.57. The van der Waals surface area contributed by atoms with Gasteiger partial charge in [-0.15, -0.1) is 0 Å². The summed E-state index contributed by atoms with van der Waals surface area (Å²) in [7, 11) is 0. The summed E-state index contributed by atoms with van der Waals surface area (Å²) < 4.78 is 5.82. The molecule has 0 bridgehead atoms. The van der Waals surface area contributed by atoms with E-state index in [9.17, 15) is 4.79 Å². The molecule has 1 aliphatic heterocycles. The molecule has 1 aromatic carbocycles. The number of para-hydroxylation sites is 1. The van der Waals surface area contributed by atoms with E-state index in [2.05, 4.69) is 16.3 Å². The number of fused-ring (bicyclic) bond motifs is 1. The van der Waals surface area contributed by atoms with Crippen LogP contribution in [0.25, 0.3) is 6.08 Å². The molecule has 0 aliphatic carbocycles. The lowest BCUT2D eigenvalue weighted by molar-refractivity contribution is -0.368. The Balaban J connectivity index is 1.85. The molecule has 0 unspecified atom stereocenters. The first-order valence-electron chi connectivity index (χ1n) is 7.79. The van der Waals surface area contributed by atoms with Crippen LogP contribution < -0.4 is 15.9 Å². The van der Waals surface area contributed by atoms with Crippen LogP contribution in [0, 0.1) is 0 Å². The number of carbonyl (C=O) groups excluding carboxylic acids is 1. The van der Waals surface area contributed by atoms with E-state index in [1.807, 2.05) is 37.3 Å². The topological polar surface area (TPSA) is 78.3 Å². The SMILES string of the molecule is C[C@H]1Oc2ccccc2C=C1/C=N\NC(=O)CCCCC[NH3+]. The Morgan fingerprint density at radius 1 is 1.36 bits per heavy atom. The molecule has 0 saturated heterocycles. The zero-order valence-corrected chi connectivity index (χ0v) is 13.0. The largest absolute Gasteiger partial charge is 0.485 e. The zero-order chi connectivity index (χ0) is 15.8. The summed E-state index contributed by atoms with van der Waals surface area (Å²) in [6.45, 7) is 2.89. The highest BCUT2D eigenvalue weighted by molar-refractivity contribution is 5.89. The summed E-state index contributed by atoms with van der Waals surface area (Å²) in [6.07, 6.45) is 7.11. The molecule has 118 valence electrons. The fourth-order valence-corrected chi connectivity index (χ4v) is 2.28. The first-order valence-corrected chi connectivity index (χ1v) is 7.79. The fourth-order valence-electron chi connectivity index (χ4n) is 2.28. The van der Waals surface area contributed by atoms with Crippen molar-refractivity contribution in [2.45, 2.75) is 38.7 Å². The number of nitrogens with one attached hydrogen (secondary N) is 1. The molecule has 1 atom stereocenters. The van der Waals surface area contributed by atoms with Crippen molar-refractivity contribution >= 4 is 18.2 Å². The number of carbonyl (C=O) groups is 1. The molecule has 1 aliphatic rings. The predicted molar refractivity (Wildman–Crippen MR) is 87.4 cm³/mol. The maximum Gasteiger partial charge on any atom is 0.240 e. The van der Waals surface area contributed by atoms with Gasteiger partial charge in [-0.2, -0.15) is 5.10 Å². The number of quaternary nitrogens is 1. The summed E-state index contributed by atoms with van der Waals surface area (Å²) in [4.78, 5) is 11.6. The molecule has 5 nitrogen and oxygen atoms in total. The van der Waals surface area contributed by atoms with E-state index < -0.39 is 0 Å². The van der Waals surface area contributed by atoms with Crippen LogP contribution in [0.4, 0.5) is 0 Å². The maximum atomic E-state index is 11.6. The van der Waals surface area contributed by atoms with Gasteiger partial charge >= 0.3 is 0 Å². The molecule has 0 fully saturated rings. The molecule has 1 amide bonds. The predicted octanol–water partition coefficient (Wildman–Crippen LogP) is 1.76. The van der Waals surface area contributed by atoms with Crippen LogP contribution in [0.1, 0.15) is 38.2 Å². The summed E-state index contributed by atoms with van der Waals surface area (Å²) in [5.41, 5.74) is 8.32. The molecule has 22 heavy (non-hydrogen) atoms. The van der Waals surface area contributed by atoms with Crippen LogP contribution in [-0.2, 0) is 4.79 Å². The van der Waals surface area contributed by atoms with E-state index in [0.29, 0.717) is 6.42 Å². The van der Waals surface area contributed by atoms with Crippen molar-refractivity contribution in [3.63, 3.8) is 0 Å². The van der Waals surface area contributed by atoms with E-state index in [4.69, 9.17) is 4.74 Å². The highest BCUT2D eigenvalue weighted by Gasteiger charge is 2.16. The van der Waals surface area contributed by atoms with E-state index in [1.54, 1.807) is 6.21 Å². The van der Waals surface area contributed by atoms with Gasteiger partial charge in [-0.1, -0.05) is 18.2 Å². The Morgan fingerprint density at radius 2 is 2.18 bits per heavy atom. The summed E-state index contributed by atoms with van der Waals surface area (Å²) in [5.74, 6) is 0.826. The first kappa shape index (κ1) is 16.2. The van der Waals surface area contributed by atoms with Gasteiger partial charge in [0, 0.05) is 17.6 Å². The van der Waals surface area contributed by atoms with Gasteiger partial charge in [0.25, 0.3) is 0 Å². The lowest BCUT2D eigenvalue weighted by Crippen LogP contribution is -2.50. The van der Waals surface area contributed by atoms with Crippen molar-refractivity contribution in [2.75, 3.05) is 6.54 Å². The Bertz CT molecular complexity index is 567. The molecule has 0 aromatic heterocycles. The van der Waals surface area contributed by atoms with E-state index in [1.165, 1.54) is 0 Å².